The van der Waals surface area contributed by atoms with Gasteiger partial charge in [-0.25, -0.2) is 0 Å². The third kappa shape index (κ3) is 4.57. The Morgan fingerprint density at radius 2 is 1.92 bits per heavy atom. The van der Waals surface area contributed by atoms with Crippen molar-refractivity contribution in [1.82, 2.24) is 10.1 Å². The van der Waals surface area contributed by atoms with Crippen LogP contribution in [0.3, 0.4) is 0 Å². The molecule has 0 radical (unpaired) electrons. The highest BCUT2D eigenvalue weighted by Crippen LogP contribution is 2.21. The molecule has 0 saturated heterocycles. The first-order valence-electron chi connectivity index (χ1n) is 7.56. The van der Waals surface area contributed by atoms with Gasteiger partial charge in [0.25, 0.3) is 0 Å². The number of rotatable bonds is 6. The van der Waals surface area contributed by atoms with Crippen molar-refractivity contribution >= 4 is 46.0 Å². The Hall–Kier alpha value is -2.87. The molecular weight excluding hydrogens is 340 g/mol. The summed E-state index contributed by atoms with van der Waals surface area (Å²) in [5, 5.41) is 10.0. The maximum absolute atomic E-state index is 12.1. The molecule has 2 aromatic heterocycles. The number of benzene rings is 1. The average molecular weight is 356 g/mol. The van der Waals surface area contributed by atoms with Crippen LogP contribution < -0.4 is 10.6 Å². The van der Waals surface area contributed by atoms with Gasteiger partial charge in [-0.3, -0.25) is 14.6 Å². The van der Waals surface area contributed by atoms with Gasteiger partial charge in [0, 0.05) is 17.6 Å². The molecule has 0 aliphatic heterocycles. The lowest BCUT2D eigenvalue weighted by Crippen LogP contribution is -2.18. The summed E-state index contributed by atoms with van der Waals surface area (Å²) in [7, 11) is 0. The van der Waals surface area contributed by atoms with Crippen LogP contribution in [0.2, 0.25) is 0 Å². The zero-order valence-electron chi connectivity index (χ0n) is 13.5. The highest BCUT2D eigenvalue weighted by molar-refractivity contribution is 8.00. The topological polar surface area (TPSA) is 97.1 Å². The Bertz CT molecular complexity index is 904. The molecule has 3 aromatic rings. The number of aromatic nitrogens is 2. The van der Waals surface area contributed by atoms with Gasteiger partial charge in [-0.1, -0.05) is 11.2 Å². The average Bonchev–Trinajstić information content (AvgIpc) is 3.00. The number of hydrogen-bond donors (Lipinski definition) is 2. The fourth-order valence-corrected chi connectivity index (χ4v) is 2.86. The summed E-state index contributed by atoms with van der Waals surface area (Å²) < 4.78 is 4.87. The van der Waals surface area contributed by atoms with Crippen LogP contribution in [0, 0.1) is 6.92 Å². The number of anilines is 2. The van der Waals surface area contributed by atoms with Crippen molar-refractivity contribution in [1.29, 1.82) is 0 Å². The van der Waals surface area contributed by atoms with Crippen LogP contribution in [0.25, 0.3) is 10.9 Å². The van der Waals surface area contributed by atoms with Gasteiger partial charge >= 0.3 is 0 Å². The van der Waals surface area contributed by atoms with Gasteiger partial charge in [-0.2, -0.15) is 0 Å². The van der Waals surface area contributed by atoms with Crippen LogP contribution in [-0.2, 0) is 9.59 Å². The first-order chi connectivity index (χ1) is 12.1. The lowest BCUT2D eigenvalue weighted by atomic mass is 10.2. The van der Waals surface area contributed by atoms with E-state index in [1.165, 1.54) is 11.8 Å². The van der Waals surface area contributed by atoms with Crippen LogP contribution in [-0.4, -0.2) is 33.5 Å². The first-order valence-corrected chi connectivity index (χ1v) is 8.72. The molecule has 7 nitrogen and oxygen atoms in total. The van der Waals surface area contributed by atoms with Crippen LogP contribution in [0.15, 0.2) is 47.1 Å². The number of nitrogens with zero attached hydrogens (tertiary/aromatic N) is 2. The quantitative estimate of drug-likeness (QED) is 0.705. The summed E-state index contributed by atoms with van der Waals surface area (Å²) in [6.45, 7) is 1.74. The summed E-state index contributed by atoms with van der Waals surface area (Å²) in [6.07, 6.45) is 1.71. The van der Waals surface area contributed by atoms with E-state index >= 15 is 0 Å². The number of amides is 2. The second-order valence-corrected chi connectivity index (χ2v) is 6.27. The van der Waals surface area contributed by atoms with E-state index in [-0.39, 0.29) is 23.3 Å². The van der Waals surface area contributed by atoms with Crippen molar-refractivity contribution in [3.8, 4) is 0 Å². The van der Waals surface area contributed by atoms with E-state index in [1.54, 1.807) is 19.2 Å². The number of hydrogen-bond acceptors (Lipinski definition) is 6. The molecule has 0 atom stereocenters. The molecular formula is C17H16N4O3S. The zero-order chi connectivity index (χ0) is 17.6. The standard InChI is InChI=1S/C17H16N4O3S/c1-11-8-15(21-24-11)20-17(23)10-25-9-16(22)19-14-6-2-5-13-12(14)4-3-7-18-13/h2-8H,9-10H2,1H3,(H,19,22)(H,20,21,23). The number of pyridine rings is 1. The number of thioether (sulfide) groups is 1. The summed E-state index contributed by atoms with van der Waals surface area (Å²) in [4.78, 5) is 28.1. The van der Waals surface area contributed by atoms with Gasteiger partial charge in [0.2, 0.25) is 11.8 Å². The van der Waals surface area contributed by atoms with Crippen molar-refractivity contribution in [2.24, 2.45) is 0 Å². The highest BCUT2D eigenvalue weighted by Gasteiger charge is 2.09. The number of carbonyl (C=O) groups is 2. The molecule has 25 heavy (non-hydrogen) atoms. The fourth-order valence-electron chi connectivity index (χ4n) is 2.24. The molecule has 0 spiro atoms. The van der Waals surface area contributed by atoms with Crippen LogP contribution in [0.1, 0.15) is 5.76 Å². The Morgan fingerprint density at radius 3 is 2.68 bits per heavy atom. The lowest BCUT2D eigenvalue weighted by Gasteiger charge is -2.08. The molecule has 2 amide bonds. The van der Waals surface area contributed by atoms with E-state index in [2.05, 4.69) is 20.8 Å². The number of fused-ring (bicyclic) bond motifs is 1. The lowest BCUT2D eigenvalue weighted by molar-refractivity contribution is -0.114. The predicted octanol–water partition coefficient (Wildman–Crippen LogP) is 2.84. The third-order valence-corrected chi connectivity index (χ3v) is 4.21. The minimum Gasteiger partial charge on any atom is -0.360 e. The first kappa shape index (κ1) is 17.0. The third-order valence-electron chi connectivity index (χ3n) is 3.28. The second kappa shape index (κ2) is 7.80. The molecule has 3 rings (SSSR count). The zero-order valence-corrected chi connectivity index (χ0v) is 14.3. The normalized spacial score (nSPS) is 10.6. The number of carbonyl (C=O) groups excluding carboxylic acids is 2. The van der Waals surface area contributed by atoms with Crippen molar-refractivity contribution in [3.05, 3.63) is 48.4 Å². The fraction of sp³-hybridized carbons (Fsp3) is 0.176. The highest BCUT2D eigenvalue weighted by atomic mass is 32.2. The van der Waals surface area contributed by atoms with Gasteiger partial charge < -0.3 is 15.2 Å². The van der Waals surface area contributed by atoms with E-state index in [9.17, 15) is 9.59 Å². The maximum Gasteiger partial charge on any atom is 0.235 e. The van der Waals surface area contributed by atoms with E-state index < -0.39 is 0 Å². The van der Waals surface area contributed by atoms with E-state index in [0.29, 0.717) is 17.3 Å². The largest absolute Gasteiger partial charge is 0.360 e. The Morgan fingerprint density at radius 1 is 1.12 bits per heavy atom. The van der Waals surface area contributed by atoms with Crippen molar-refractivity contribution in [2.45, 2.75) is 6.92 Å². The minimum atomic E-state index is -0.236. The van der Waals surface area contributed by atoms with Gasteiger partial charge in [-0.05, 0) is 31.2 Å². The van der Waals surface area contributed by atoms with Crippen molar-refractivity contribution in [3.63, 3.8) is 0 Å². The molecule has 1 aromatic carbocycles. The van der Waals surface area contributed by atoms with Crippen molar-refractivity contribution < 1.29 is 14.1 Å². The van der Waals surface area contributed by atoms with E-state index in [0.717, 1.165) is 10.9 Å². The minimum absolute atomic E-state index is 0.149. The molecule has 8 heteroatoms. The monoisotopic (exact) mass is 356 g/mol. The van der Waals surface area contributed by atoms with Gasteiger partial charge in [0.15, 0.2) is 5.82 Å². The van der Waals surface area contributed by atoms with Crippen LogP contribution in [0.4, 0.5) is 11.5 Å². The summed E-state index contributed by atoms with van der Waals surface area (Å²) in [5.41, 5.74) is 1.52. The molecule has 128 valence electrons. The van der Waals surface area contributed by atoms with Gasteiger partial charge in [-0.15, -0.1) is 11.8 Å². The molecule has 0 fully saturated rings. The molecule has 0 saturated carbocycles. The SMILES string of the molecule is Cc1cc(NC(=O)CSCC(=O)Nc2cccc3ncccc23)no1. The molecule has 0 aliphatic rings. The van der Waals surface area contributed by atoms with Crippen molar-refractivity contribution in [2.75, 3.05) is 22.1 Å². The Labute approximate surface area is 148 Å². The van der Waals surface area contributed by atoms with E-state index in [4.69, 9.17) is 4.52 Å². The number of nitrogens with one attached hydrogen (secondary N) is 2. The maximum atomic E-state index is 12.1. The second-order valence-electron chi connectivity index (χ2n) is 5.29. The Kier molecular flexibility index (Phi) is 5.30. The smallest absolute Gasteiger partial charge is 0.235 e. The van der Waals surface area contributed by atoms with Gasteiger partial charge in [0.05, 0.1) is 22.7 Å². The molecule has 0 aliphatic carbocycles. The van der Waals surface area contributed by atoms with Crippen LogP contribution in [0.5, 0.6) is 0 Å². The van der Waals surface area contributed by atoms with Gasteiger partial charge in [0.1, 0.15) is 5.76 Å². The summed E-state index contributed by atoms with van der Waals surface area (Å²) in [5.74, 6) is 0.896. The Balaban J connectivity index is 1.48. The molecule has 0 bridgehead atoms. The number of aryl methyl sites for hydroxylation is 1. The van der Waals surface area contributed by atoms with Crippen LogP contribution >= 0.6 is 11.8 Å². The summed E-state index contributed by atoms with van der Waals surface area (Å²) >= 11 is 1.22. The molecule has 2 heterocycles. The predicted molar refractivity (Wildman–Crippen MR) is 97.6 cm³/mol. The van der Waals surface area contributed by atoms with E-state index in [1.807, 2.05) is 30.3 Å². The summed E-state index contributed by atoms with van der Waals surface area (Å²) in [6, 6.07) is 10.9. The molecule has 0 unspecified atom stereocenters. The molecule has 2 N–H and O–H groups in total.